The quantitative estimate of drug-likeness (QED) is 0.920. The van der Waals surface area contributed by atoms with Gasteiger partial charge in [-0.3, -0.25) is 4.79 Å². The van der Waals surface area contributed by atoms with Crippen LogP contribution in [0, 0.1) is 5.92 Å². The van der Waals surface area contributed by atoms with E-state index in [2.05, 4.69) is 31.2 Å². The van der Waals surface area contributed by atoms with Gasteiger partial charge in [0.15, 0.2) is 5.65 Å². The van der Waals surface area contributed by atoms with Gasteiger partial charge in [0.2, 0.25) is 0 Å². The van der Waals surface area contributed by atoms with Gasteiger partial charge in [-0.05, 0) is 58.4 Å². The highest BCUT2D eigenvalue weighted by molar-refractivity contribution is 6.05. The fourth-order valence-electron chi connectivity index (χ4n) is 3.19. The van der Waals surface area contributed by atoms with E-state index in [0.717, 1.165) is 22.3 Å². The third-order valence-corrected chi connectivity index (χ3v) is 5.00. The SMILES string of the molecule is CC(C)n1ncc2c(C(=O)N[C@@H](C)C3CC3)cc(C3CC3)nc21. The van der Waals surface area contributed by atoms with Crippen LogP contribution < -0.4 is 5.32 Å². The molecule has 2 aliphatic rings. The summed E-state index contributed by atoms with van der Waals surface area (Å²) in [5.74, 6) is 1.18. The van der Waals surface area contributed by atoms with Gasteiger partial charge in [0.25, 0.3) is 5.91 Å². The minimum Gasteiger partial charge on any atom is -0.349 e. The van der Waals surface area contributed by atoms with Crippen LogP contribution >= 0.6 is 0 Å². The van der Waals surface area contributed by atoms with Crippen molar-refractivity contribution in [1.82, 2.24) is 20.1 Å². The summed E-state index contributed by atoms with van der Waals surface area (Å²) in [6, 6.07) is 2.47. The minimum absolute atomic E-state index is 0.0157. The van der Waals surface area contributed by atoms with E-state index in [0.29, 0.717) is 11.8 Å². The van der Waals surface area contributed by atoms with Crippen LogP contribution in [0.15, 0.2) is 12.3 Å². The largest absolute Gasteiger partial charge is 0.349 e. The number of carbonyl (C=O) groups is 1. The van der Waals surface area contributed by atoms with Crippen LogP contribution in [0.1, 0.15) is 74.5 Å². The maximum atomic E-state index is 12.8. The lowest BCUT2D eigenvalue weighted by molar-refractivity contribution is 0.0937. The molecule has 5 nitrogen and oxygen atoms in total. The number of nitrogens with zero attached hydrogens (tertiary/aromatic N) is 3. The second-order valence-electron chi connectivity index (χ2n) is 7.39. The predicted octanol–water partition coefficient (Wildman–Crippen LogP) is 3.42. The maximum Gasteiger partial charge on any atom is 0.252 e. The molecule has 0 bridgehead atoms. The van der Waals surface area contributed by atoms with E-state index in [1.54, 1.807) is 6.20 Å². The summed E-state index contributed by atoms with van der Waals surface area (Å²) in [5.41, 5.74) is 2.62. The zero-order chi connectivity index (χ0) is 16.1. The number of hydrogen-bond acceptors (Lipinski definition) is 3. The van der Waals surface area contributed by atoms with Gasteiger partial charge in [-0.15, -0.1) is 0 Å². The molecule has 0 spiro atoms. The molecule has 0 unspecified atom stereocenters. The summed E-state index contributed by atoms with van der Waals surface area (Å²) in [6.45, 7) is 6.28. The summed E-state index contributed by atoms with van der Waals surface area (Å²) in [5, 5.41) is 8.50. The summed E-state index contributed by atoms with van der Waals surface area (Å²) < 4.78 is 1.92. The molecule has 23 heavy (non-hydrogen) atoms. The monoisotopic (exact) mass is 312 g/mol. The molecule has 1 atom stereocenters. The Bertz CT molecular complexity index is 756. The molecule has 122 valence electrons. The lowest BCUT2D eigenvalue weighted by Crippen LogP contribution is -2.34. The highest BCUT2D eigenvalue weighted by Gasteiger charge is 2.31. The first-order valence-electron chi connectivity index (χ1n) is 8.73. The van der Waals surface area contributed by atoms with Gasteiger partial charge in [0.05, 0.1) is 17.1 Å². The normalized spacial score (nSPS) is 19.3. The van der Waals surface area contributed by atoms with Crippen LogP contribution in [0.4, 0.5) is 0 Å². The molecule has 0 radical (unpaired) electrons. The van der Waals surface area contributed by atoms with Crippen molar-refractivity contribution in [2.24, 2.45) is 5.92 Å². The molecule has 0 aliphatic heterocycles. The van der Waals surface area contributed by atoms with Gasteiger partial charge in [0, 0.05) is 23.7 Å². The van der Waals surface area contributed by atoms with Crippen molar-refractivity contribution in [3.63, 3.8) is 0 Å². The average molecular weight is 312 g/mol. The number of amides is 1. The Morgan fingerprint density at radius 2 is 2.00 bits per heavy atom. The first-order valence-corrected chi connectivity index (χ1v) is 8.73. The van der Waals surface area contributed by atoms with Crippen molar-refractivity contribution in [3.8, 4) is 0 Å². The van der Waals surface area contributed by atoms with Crippen LogP contribution in [0.5, 0.6) is 0 Å². The zero-order valence-electron chi connectivity index (χ0n) is 14.0. The molecule has 1 amide bonds. The van der Waals surface area contributed by atoms with Crippen LogP contribution in [-0.2, 0) is 0 Å². The Morgan fingerprint density at radius 1 is 1.26 bits per heavy atom. The number of pyridine rings is 1. The summed E-state index contributed by atoms with van der Waals surface area (Å²) in [6.07, 6.45) is 6.59. The number of aromatic nitrogens is 3. The van der Waals surface area contributed by atoms with E-state index in [-0.39, 0.29) is 18.0 Å². The molecule has 2 aliphatic carbocycles. The fraction of sp³-hybridized carbons (Fsp3) is 0.611. The molecular formula is C18H24N4O. The van der Waals surface area contributed by atoms with Crippen molar-refractivity contribution >= 4 is 16.9 Å². The van der Waals surface area contributed by atoms with Gasteiger partial charge < -0.3 is 5.32 Å². The summed E-state index contributed by atoms with van der Waals surface area (Å²) >= 11 is 0. The third kappa shape index (κ3) is 2.73. The van der Waals surface area contributed by atoms with Crippen molar-refractivity contribution in [3.05, 3.63) is 23.5 Å². The smallest absolute Gasteiger partial charge is 0.252 e. The standard InChI is InChI=1S/C18H24N4O/c1-10(2)22-17-15(9-19-22)14(8-16(21-17)13-6-7-13)18(23)20-11(3)12-4-5-12/h8-13H,4-7H2,1-3H3,(H,20,23)/t11-/m0/s1. The van der Waals surface area contributed by atoms with Gasteiger partial charge in [-0.2, -0.15) is 5.10 Å². The summed E-state index contributed by atoms with van der Waals surface area (Å²) in [4.78, 5) is 17.6. The van der Waals surface area contributed by atoms with Crippen molar-refractivity contribution < 1.29 is 4.79 Å². The van der Waals surface area contributed by atoms with Crippen molar-refractivity contribution in [2.45, 2.75) is 64.5 Å². The number of rotatable bonds is 5. The van der Waals surface area contributed by atoms with Crippen molar-refractivity contribution in [2.75, 3.05) is 0 Å². The lowest BCUT2D eigenvalue weighted by Gasteiger charge is -2.14. The predicted molar refractivity (Wildman–Crippen MR) is 89.5 cm³/mol. The first kappa shape index (κ1) is 14.7. The molecule has 5 heteroatoms. The van der Waals surface area contributed by atoms with Crippen LogP contribution in [0.3, 0.4) is 0 Å². The molecule has 0 aromatic carbocycles. The Hall–Kier alpha value is -1.91. The second kappa shape index (κ2) is 5.32. The average Bonchev–Trinajstić information content (AvgIpc) is 3.41. The maximum absolute atomic E-state index is 12.8. The van der Waals surface area contributed by atoms with E-state index in [1.807, 2.05) is 10.7 Å². The molecule has 1 N–H and O–H groups in total. The fourth-order valence-corrected chi connectivity index (χ4v) is 3.19. The molecule has 2 fully saturated rings. The number of nitrogens with one attached hydrogen (secondary N) is 1. The van der Waals surface area contributed by atoms with Gasteiger partial charge >= 0.3 is 0 Å². The minimum atomic E-state index is 0.0157. The highest BCUT2D eigenvalue weighted by Crippen LogP contribution is 2.40. The number of hydrogen-bond donors (Lipinski definition) is 1. The number of carbonyl (C=O) groups excluding carboxylic acids is 1. The molecule has 4 rings (SSSR count). The van der Waals surface area contributed by atoms with E-state index < -0.39 is 0 Å². The lowest BCUT2D eigenvalue weighted by atomic mass is 10.1. The molecule has 2 aromatic rings. The second-order valence-corrected chi connectivity index (χ2v) is 7.39. The highest BCUT2D eigenvalue weighted by atomic mass is 16.1. The molecule has 0 saturated heterocycles. The Balaban J connectivity index is 1.75. The van der Waals surface area contributed by atoms with Crippen molar-refractivity contribution in [1.29, 1.82) is 0 Å². The Kier molecular flexibility index (Phi) is 3.39. The van der Waals surface area contributed by atoms with Crippen LogP contribution in [0.2, 0.25) is 0 Å². The molecule has 2 heterocycles. The number of fused-ring (bicyclic) bond motifs is 1. The third-order valence-electron chi connectivity index (χ3n) is 5.00. The first-order chi connectivity index (χ1) is 11.0. The van der Waals surface area contributed by atoms with Crippen LogP contribution in [-0.4, -0.2) is 26.7 Å². The van der Waals surface area contributed by atoms with Crippen LogP contribution in [0.25, 0.3) is 11.0 Å². The molecule has 2 aromatic heterocycles. The summed E-state index contributed by atoms with van der Waals surface area (Å²) in [7, 11) is 0. The Morgan fingerprint density at radius 3 is 2.61 bits per heavy atom. The Labute approximate surface area is 136 Å². The van der Waals surface area contributed by atoms with E-state index in [1.165, 1.54) is 25.7 Å². The van der Waals surface area contributed by atoms with E-state index >= 15 is 0 Å². The van der Waals surface area contributed by atoms with Gasteiger partial charge in [0.1, 0.15) is 0 Å². The topological polar surface area (TPSA) is 59.8 Å². The zero-order valence-corrected chi connectivity index (χ0v) is 14.0. The molecular weight excluding hydrogens is 288 g/mol. The van der Waals surface area contributed by atoms with Gasteiger partial charge in [-0.1, -0.05) is 0 Å². The van der Waals surface area contributed by atoms with E-state index in [9.17, 15) is 4.79 Å². The molecule has 2 saturated carbocycles. The van der Waals surface area contributed by atoms with Gasteiger partial charge in [-0.25, -0.2) is 9.67 Å². The van der Waals surface area contributed by atoms with E-state index in [4.69, 9.17) is 4.98 Å².